The molecule has 14 heavy (non-hydrogen) atoms. The largest absolute Gasteiger partial charge is 0.465 e. The smallest absolute Gasteiger partial charge is 0.323 e. The van der Waals surface area contributed by atoms with E-state index in [1.54, 1.807) is 24.9 Å². The van der Waals surface area contributed by atoms with E-state index >= 15 is 0 Å². The molecule has 0 saturated heterocycles. The zero-order chi connectivity index (χ0) is 10.6. The SMILES string of the molecule is CCOC(=O)C(N)Cc1nncn1C. The summed E-state index contributed by atoms with van der Waals surface area (Å²) >= 11 is 0. The summed E-state index contributed by atoms with van der Waals surface area (Å²) < 4.78 is 6.49. The molecule has 6 nitrogen and oxygen atoms in total. The lowest BCUT2D eigenvalue weighted by Crippen LogP contribution is -2.35. The first kappa shape index (κ1) is 10.6. The van der Waals surface area contributed by atoms with Crippen molar-refractivity contribution in [2.75, 3.05) is 6.61 Å². The molecule has 1 rings (SSSR count). The Morgan fingerprint density at radius 3 is 3.00 bits per heavy atom. The third-order valence-electron chi connectivity index (χ3n) is 1.80. The third kappa shape index (κ3) is 2.53. The molecule has 6 heteroatoms. The van der Waals surface area contributed by atoms with Gasteiger partial charge in [-0.15, -0.1) is 10.2 Å². The zero-order valence-corrected chi connectivity index (χ0v) is 8.30. The maximum absolute atomic E-state index is 11.2. The lowest BCUT2D eigenvalue weighted by atomic mass is 10.2. The Hall–Kier alpha value is -1.43. The number of nitrogens with zero attached hydrogens (tertiary/aromatic N) is 3. The maximum atomic E-state index is 11.2. The van der Waals surface area contributed by atoms with Crippen LogP contribution in [0.4, 0.5) is 0 Å². The quantitative estimate of drug-likeness (QED) is 0.643. The monoisotopic (exact) mass is 198 g/mol. The van der Waals surface area contributed by atoms with Crippen molar-refractivity contribution in [1.82, 2.24) is 14.8 Å². The lowest BCUT2D eigenvalue weighted by molar-refractivity contribution is -0.144. The van der Waals surface area contributed by atoms with E-state index in [2.05, 4.69) is 10.2 Å². The molecule has 0 spiro atoms. The average Bonchev–Trinajstić information content (AvgIpc) is 2.52. The summed E-state index contributed by atoms with van der Waals surface area (Å²) in [6, 6.07) is -0.669. The van der Waals surface area contributed by atoms with Crippen LogP contribution in [0.1, 0.15) is 12.7 Å². The fourth-order valence-electron chi connectivity index (χ4n) is 1.02. The highest BCUT2D eigenvalue weighted by atomic mass is 16.5. The Morgan fingerprint density at radius 2 is 2.50 bits per heavy atom. The molecule has 0 aromatic carbocycles. The normalized spacial score (nSPS) is 12.5. The number of carbonyl (C=O) groups is 1. The van der Waals surface area contributed by atoms with Crippen LogP contribution in [0.2, 0.25) is 0 Å². The molecule has 1 atom stereocenters. The van der Waals surface area contributed by atoms with Crippen molar-refractivity contribution < 1.29 is 9.53 Å². The van der Waals surface area contributed by atoms with Crippen molar-refractivity contribution in [3.8, 4) is 0 Å². The number of hydrogen-bond donors (Lipinski definition) is 1. The predicted octanol–water partition coefficient (Wildman–Crippen LogP) is -0.752. The van der Waals surface area contributed by atoms with Crippen molar-refractivity contribution in [1.29, 1.82) is 0 Å². The van der Waals surface area contributed by atoms with Crippen molar-refractivity contribution >= 4 is 5.97 Å². The second-order valence-electron chi connectivity index (χ2n) is 2.92. The highest BCUT2D eigenvalue weighted by Crippen LogP contribution is 1.98. The van der Waals surface area contributed by atoms with Crippen LogP contribution in [0.3, 0.4) is 0 Å². The molecule has 2 N–H and O–H groups in total. The summed E-state index contributed by atoms with van der Waals surface area (Å²) in [6.45, 7) is 2.08. The van der Waals surface area contributed by atoms with Crippen LogP contribution in [0.15, 0.2) is 6.33 Å². The van der Waals surface area contributed by atoms with E-state index in [-0.39, 0.29) is 0 Å². The Kier molecular flexibility index (Phi) is 3.58. The van der Waals surface area contributed by atoms with Crippen LogP contribution in [0.5, 0.6) is 0 Å². The van der Waals surface area contributed by atoms with E-state index in [0.29, 0.717) is 18.9 Å². The fourth-order valence-corrected chi connectivity index (χ4v) is 1.02. The predicted molar refractivity (Wildman–Crippen MR) is 49.3 cm³/mol. The number of carbonyl (C=O) groups excluding carboxylic acids is 1. The summed E-state index contributed by atoms with van der Waals surface area (Å²) in [7, 11) is 1.80. The summed E-state index contributed by atoms with van der Waals surface area (Å²) in [6.07, 6.45) is 1.91. The zero-order valence-electron chi connectivity index (χ0n) is 8.30. The number of ether oxygens (including phenoxy) is 1. The van der Waals surface area contributed by atoms with Gasteiger partial charge in [0.05, 0.1) is 6.61 Å². The van der Waals surface area contributed by atoms with Gasteiger partial charge < -0.3 is 15.0 Å². The molecular formula is C8H14N4O2. The number of aryl methyl sites for hydroxylation is 1. The highest BCUT2D eigenvalue weighted by Gasteiger charge is 2.17. The Labute approximate surface area is 82.1 Å². The van der Waals surface area contributed by atoms with Gasteiger partial charge in [0.15, 0.2) is 0 Å². The molecule has 0 bridgehead atoms. The average molecular weight is 198 g/mol. The highest BCUT2D eigenvalue weighted by molar-refractivity contribution is 5.75. The van der Waals surface area contributed by atoms with Gasteiger partial charge in [-0.2, -0.15) is 0 Å². The Balaban J connectivity index is 2.52. The molecule has 0 saturated carbocycles. The second-order valence-corrected chi connectivity index (χ2v) is 2.92. The molecule has 78 valence electrons. The van der Waals surface area contributed by atoms with Gasteiger partial charge in [-0.1, -0.05) is 0 Å². The van der Waals surface area contributed by atoms with E-state index in [4.69, 9.17) is 10.5 Å². The minimum Gasteiger partial charge on any atom is -0.465 e. The number of esters is 1. The summed E-state index contributed by atoms with van der Waals surface area (Å²) in [4.78, 5) is 11.2. The molecule has 1 heterocycles. The first-order valence-corrected chi connectivity index (χ1v) is 4.40. The molecule has 0 amide bonds. The topological polar surface area (TPSA) is 83.0 Å². The van der Waals surface area contributed by atoms with Crippen LogP contribution >= 0.6 is 0 Å². The molecule has 0 fully saturated rings. The van der Waals surface area contributed by atoms with E-state index in [1.165, 1.54) is 0 Å². The van der Waals surface area contributed by atoms with Gasteiger partial charge in [0, 0.05) is 13.5 Å². The number of aromatic nitrogens is 3. The number of hydrogen-bond acceptors (Lipinski definition) is 5. The molecule has 1 aromatic rings. The number of rotatable bonds is 4. The molecule has 0 aliphatic heterocycles. The van der Waals surface area contributed by atoms with Gasteiger partial charge in [-0.3, -0.25) is 4.79 Å². The maximum Gasteiger partial charge on any atom is 0.323 e. The lowest BCUT2D eigenvalue weighted by Gasteiger charge is -2.09. The standard InChI is InChI=1S/C8H14N4O2/c1-3-14-8(13)6(9)4-7-11-10-5-12(7)2/h5-6H,3-4,9H2,1-2H3. The van der Waals surface area contributed by atoms with Gasteiger partial charge in [-0.25, -0.2) is 0 Å². The molecule has 1 aromatic heterocycles. The molecule has 1 unspecified atom stereocenters. The minimum absolute atomic E-state index is 0.339. The molecule has 0 radical (unpaired) electrons. The van der Waals surface area contributed by atoms with E-state index in [1.807, 2.05) is 0 Å². The van der Waals surface area contributed by atoms with Gasteiger partial charge in [0.1, 0.15) is 18.2 Å². The summed E-state index contributed by atoms with van der Waals surface area (Å²) in [5, 5.41) is 7.51. The molecule has 0 aliphatic carbocycles. The fraction of sp³-hybridized carbons (Fsp3) is 0.625. The van der Waals surface area contributed by atoms with Crippen molar-refractivity contribution in [2.24, 2.45) is 12.8 Å². The van der Waals surface area contributed by atoms with Gasteiger partial charge >= 0.3 is 5.97 Å². The Morgan fingerprint density at radius 1 is 1.79 bits per heavy atom. The van der Waals surface area contributed by atoms with Crippen molar-refractivity contribution in [2.45, 2.75) is 19.4 Å². The van der Waals surface area contributed by atoms with Crippen LogP contribution in [-0.4, -0.2) is 33.4 Å². The van der Waals surface area contributed by atoms with Gasteiger partial charge in [0.25, 0.3) is 0 Å². The van der Waals surface area contributed by atoms with Crippen molar-refractivity contribution in [3.05, 3.63) is 12.2 Å². The van der Waals surface area contributed by atoms with E-state index in [0.717, 1.165) is 0 Å². The first-order chi connectivity index (χ1) is 6.65. The van der Waals surface area contributed by atoms with Gasteiger partial charge in [-0.05, 0) is 6.92 Å². The number of nitrogens with two attached hydrogens (primary N) is 1. The van der Waals surface area contributed by atoms with Crippen LogP contribution in [0.25, 0.3) is 0 Å². The van der Waals surface area contributed by atoms with Crippen LogP contribution in [-0.2, 0) is 23.0 Å². The first-order valence-electron chi connectivity index (χ1n) is 4.40. The summed E-state index contributed by atoms with van der Waals surface area (Å²) in [5.41, 5.74) is 5.61. The van der Waals surface area contributed by atoms with Gasteiger partial charge in [0.2, 0.25) is 0 Å². The second kappa shape index (κ2) is 4.71. The van der Waals surface area contributed by atoms with Crippen LogP contribution < -0.4 is 5.73 Å². The minimum atomic E-state index is -0.669. The molecule has 0 aliphatic rings. The Bertz CT molecular complexity index is 310. The summed E-state index contributed by atoms with van der Waals surface area (Å²) in [5.74, 6) is 0.265. The van der Waals surface area contributed by atoms with Crippen molar-refractivity contribution in [3.63, 3.8) is 0 Å². The van der Waals surface area contributed by atoms with E-state index < -0.39 is 12.0 Å². The van der Waals surface area contributed by atoms with E-state index in [9.17, 15) is 4.79 Å². The molecular weight excluding hydrogens is 184 g/mol. The van der Waals surface area contributed by atoms with Crippen LogP contribution in [0, 0.1) is 0 Å². The third-order valence-corrected chi connectivity index (χ3v) is 1.80.